The molecular weight excluding hydrogens is 204 g/mol. The van der Waals surface area contributed by atoms with E-state index in [4.69, 9.17) is 0 Å². The average molecular weight is 218 g/mol. The summed E-state index contributed by atoms with van der Waals surface area (Å²) in [4.78, 5) is 11.8. The number of nitrogens with one attached hydrogen (secondary N) is 2. The first-order valence-electron chi connectivity index (χ1n) is 5.21. The van der Waals surface area contributed by atoms with Crippen LogP contribution in [0.2, 0.25) is 0 Å². The lowest BCUT2D eigenvalue weighted by Crippen LogP contribution is -2.48. The Labute approximate surface area is 94.0 Å². The van der Waals surface area contributed by atoms with Gasteiger partial charge in [-0.05, 0) is 6.20 Å². The molecule has 16 heavy (non-hydrogen) atoms. The van der Waals surface area contributed by atoms with E-state index in [9.17, 15) is 9.90 Å². The summed E-state index contributed by atoms with van der Waals surface area (Å²) in [5.74, 6) is 0.0665. The van der Waals surface area contributed by atoms with E-state index in [1.807, 2.05) is 24.3 Å². The van der Waals surface area contributed by atoms with Gasteiger partial charge in [-0.3, -0.25) is 10.1 Å². The fraction of sp³-hybridized carbons (Fsp3) is 0.250. The number of Topliss-reactive ketones (excluding diaryl/α,β-unsaturated/α-hetero) is 1. The number of hydrogen-bond donors (Lipinski definition) is 3. The second-order valence-corrected chi connectivity index (χ2v) is 3.69. The molecule has 0 amide bonds. The second-order valence-electron chi connectivity index (χ2n) is 3.69. The van der Waals surface area contributed by atoms with Gasteiger partial charge in [-0.2, -0.15) is 0 Å². The predicted octanol–water partition coefficient (Wildman–Crippen LogP) is 0.610. The van der Waals surface area contributed by atoms with Crippen LogP contribution in [0.5, 0.6) is 0 Å². The Hall–Kier alpha value is -1.65. The quantitative estimate of drug-likeness (QED) is 0.650. The third-order valence-electron chi connectivity index (χ3n) is 2.46. The molecule has 1 heterocycles. The van der Waals surface area contributed by atoms with Crippen molar-refractivity contribution in [2.45, 2.75) is 18.8 Å². The van der Waals surface area contributed by atoms with Crippen LogP contribution >= 0.6 is 0 Å². The van der Waals surface area contributed by atoms with Gasteiger partial charge >= 0.3 is 0 Å². The summed E-state index contributed by atoms with van der Waals surface area (Å²) in [5, 5.41) is 14.8. The number of aliphatic hydroxyl groups is 1. The minimum Gasteiger partial charge on any atom is -0.361 e. The lowest BCUT2D eigenvalue weighted by atomic mass is 10.0. The Morgan fingerprint density at radius 2 is 2.06 bits per heavy atom. The second kappa shape index (κ2) is 4.92. The summed E-state index contributed by atoms with van der Waals surface area (Å²) in [7, 11) is 0. The van der Waals surface area contributed by atoms with Gasteiger partial charge < -0.3 is 10.4 Å². The van der Waals surface area contributed by atoms with Crippen molar-refractivity contribution in [2.75, 3.05) is 0 Å². The van der Waals surface area contributed by atoms with E-state index in [0.29, 0.717) is 12.0 Å². The van der Waals surface area contributed by atoms with Crippen molar-refractivity contribution in [1.29, 1.82) is 0 Å². The Kier molecular flexibility index (Phi) is 3.34. The minimum absolute atomic E-state index is 0.0665. The lowest BCUT2D eigenvalue weighted by molar-refractivity contribution is 0.0879. The zero-order valence-corrected chi connectivity index (χ0v) is 8.76. The van der Waals surface area contributed by atoms with Gasteiger partial charge in [0.1, 0.15) is 0 Å². The molecular formula is C12H14N2O2. The highest BCUT2D eigenvalue weighted by atomic mass is 16.3. The zero-order chi connectivity index (χ0) is 11.4. The highest BCUT2D eigenvalue weighted by Gasteiger charge is 2.17. The van der Waals surface area contributed by atoms with Gasteiger partial charge in [-0.25, -0.2) is 0 Å². The largest absolute Gasteiger partial charge is 0.361 e. The van der Waals surface area contributed by atoms with Crippen LogP contribution in [0.1, 0.15) is 16.8 Å². The average Bonchev–Trinajstić information content (AvgIpc) is 2.30. The van der Waals surface area contributed by atoms with Crippen molar-refractivity contribution in [1.82, 2.24) is 10.6 Å². The van der Waals surface area contributed by atoms with Crippen LogP contribution in [-0.2, 0) is 0 Å². The van der Waals surface area contributed by atoms with Crippen LogP contribution in [0.3, 0.4) is 0 Å². The van der Waals surface area contributed by atoms with Crippen LogP contribution in [-0.4, -0.2) is 23.3 Å². The highest BCUT2D eigenvalue weighted by Crippen LogP contribution is 2.07. The van der Waals surface area contributed by atoms with E-state index in [0.717, 1.165) is 0 Å². The molecule has 0 aromatic heterocycles. The normalized spacial score (nSPS) is 23.8. The van der Waals surface area contributed by atoms with Crippen molar-refractivity contribution in [2.24, 2.45) is 0 Å². The molecule has 1 aliphatic rings. The Morgan fingerprint density at radius 3 is 2.75 bits per heavy atom. The molecule has 0 saturated carbocycles. The van der Waals surface area contributed by atoms with Gasteiger partial charge in [-0.15, -0.1) is 0 Å². The van der Waals surface area contributed by atoms with Crippen LogP contribution in [0.4, 0.5) is 0 Å². The maximum atomic E-state index is 11.8. The van der Waals surface area contributed by atoms with Gasteiger partial charge in [0.25, 0.3) is 0 Å². The summed E-state index contributed by atoms with van der Waals surface area (Å²) in [6, 6.07) is 9.03. The predicted molar refractivity (Wildman–Crippen MR) is 60.6 cm³/mol. The van der Waals surface area contributed by atoms with Crippen LogP contribution < -0.4 is 10.6 Å². The number of carbonyl (C=O) groups is 1. The summed E-state index contributed by atoms with van der Waals surface area (Å²) < 4.78 is 0. The summed E-state index contributed by atoms with van der Waals surface area (Å²) >= 11 is 0. The van der Waals surface area contributed by atoms with Crippen molar-refractivity contribution < 1.29 is 9.90 Å². The number of carbonyl (C=O) groups excluding carboxylic acids is 1. The van der Waals surface area contributed by atoms with Crippen LogP contribution in [0.15, 0.2) is 42.6 Å². The molecule has 1 aromatic carbocycles. The highest BCUT2D eigenvalue weighted by molar-refractivity contribution is 5.96. The fourth-order valence-electron chi connectivity index (χ4n) is 1.64. The zero-order valence-electron chi connectivity index (χ0n) is 8.76. The molecule has 0 saturated heterocycles. The minimum atomic E-state index is -0.779. The van der Waals surface area contributed by atoms with Gasteiger partial charge in [0.05, 0.1) is 0 Å². The third-order valence-corrected chi connectivity index (χ3v) is 2.46. The van der Waals surface area contributed by atoms with Gasteiger partial charge in [0, 0.05) is 18.0 Å². The fourth-order valence-corrected chi connectivity index (χ4v) is 1.64. The molecule has 84 valence electrons. The summed E-state index contributed by atoms with van der Waals surface area (Å²) in [6.07, 6.45) is 3.05. The smallest absolute Gasteiger partial charge is 0.181 e. The standard InChI is InChI=1S/C12H14N2O2/c15-11(9-4-2-1-3-5-9)8-10-6-7-13-12(16)14-10/h1-7,10,12-14,16H,8H2. The third kappa shape index (κ3) is 2.68. The number of hydrogen-bond acceptors (Lipinski definition) is 4. The molecule has 0 radical (unpaired) electrons. The molecule has 3 N–H and O–H groups in total. The Balaban J connectivity index is 1.98. The molecule has 0 aliphatic carbocycles. The number of rotatable bonds is 3. The molecule has 4 nitrogen and oxygen atoms in total. The van der Waals surface area contributed by atoms with E-state index in [-0.39, 0.29) is 11.8 Å². The molecule has 1 aromatic rings. The maximum absolute atomic E-state index is 11.8. The first-order chi connectivity index (χ1) is 7.75. The van der Waals surface area contributed by atoms with Gasteiger partial charge in [0.15, 0.2) is 12.1 Å². The molecule has 0 spiro atoms. The van der Waals surface area contributed by atoms with Crippen molar-refractivity contribution in [3.8, 4) is 0 Å². The Bertz CT molecular complexity index is 389. The van der Waals surface area contributed by atoms with E-state index in [1.165, 1.54) is 0 Å². The maximum Gasteiger partial charge on any atom is 0.181 e. The van der Waals surface area contributed by atoms with Crippen molar-refractivity contribution in [3.63, 3.8) is 0 Å². The molecule has 2 rings (SSSR count). The number of benzene rings is 1. The van der Waals surface area contributed by atoms with Crippen LogP contribution in [0.25, 0.3) is 0 Å². The van der Waals surface area contributed by atoms with Crippen LogP contribution in [0, 0.1) is 0 Å². The topological polar surface area (TPSA) is 61.4 Å². The summed E-state index contributed by atoms with van der Waals surface area (Å²) in [6.45, 7) is 0. The lowest BCUT2D eigenvalue weighted by Gasteiger charge is -2.23. The van der Waals surface area contributed by atoms with E-state index in [1.54, 1.807) is 18.3 Å². The number of aliphatic hydroxyl groups excluding tert-OH is 1. The van der Waals surface area contributed by atoms with E-state index in [2.05, 4.69) is 10.6 Å². The van der Waals surface area contributed by atoms with E-state index < -0.39 is 6.35 Å². The number of ketones is 1. The van der Waals surface area contributed by atoms with Gasteiger partial charge in [-0.1, -0.05) is 36.4 Å². The monoisotopic (exact) mass is 218 g/mol. The molecule has 0 fully saturated rings. The van der Waals surface area contributed by atoms with Crippen molar-refractivity contribution >= 4 is 5.78 Å². The molecule has 2 atom stereocenters. The molecule has 0 bridgehead atoms. The van der Waals surface area contributed by atoms with Gasteiger partial charge in [0.2, 0.25) is 0 Å². The van der Waals surface area contributed by atoms with E-state index >= 15 is 0 Å². The first-order valence-corrected chi connectivity index (χ1v) is 5.21. The van der Waals surface area contributed by atoms with Crippen molar-refractivity contribution in [3.05, 3.63) is 48.2 Å². The molecule has 1 aliphatic heterocycles. The first kappa shape index (κ1) is 10.9. The summed E-state index contributed by atoms with van der Waals surface area (Å²) in [5.41, 5.74) is 0.700. The SMILES string of the molecule is O=C(CC1C=CNC(O)N1)c1ccccc1. The molecule has 4 heteroatoms. The Morgan fingerprint density at radius 1 is 1.31 bits per heavy atom. The molecule has 2 unspecified atom stereocenters.